The maximum atomic E-state index is 12.9. The van der Waals surface area contributed by atoms with Crippen LogP contribution in [0.25, 0.3) is 0 Å². The van der Waals surface area contributed by atoms with Crippen molar-refractivity contribution in [3.05, 3.63) is 35.6 Å². The Labute approximate surface area is 120 Å². The number of sulfone groups is 1. The average Bonchev–Trinajstić information content (AvgIpc) is 2.80. The van der Waals surface area contributed by atoms with E-state index in [1.165, 1.54) is 18.4 Å². The van der Waals surface area contributed by atoms with Crippen LogP contribution in [0.1, 0.15) is 31.7 Å². The molecule has 3 atom stereocenters. The molecule has 0 heterocycles. The predicted octanol–water partition coefficient (Wildman–Crippen LogP) is 2.31. The van der Waals surface area contributed by atoms with Gasteiger partial charge in [-0.25, -0.2) is 12.8 Å². The standard InChI is InChI=1S/C15H22FNO2S/c1-11(10-12-6-8-13(16)9-7-12)17-14-4-3-5-15(14)20(2,18)19/h6-9,11,14-15,17H,3-5,10H2,1-2H3. The van der Waals surface area contributed by atoms with Gasteiger partial charge >= 0.3 is 0 Å². The summed E-state index contributed by atoms with van der Waals surface area (Å²) in [5.74, 6) is -0.234. The van der Waals surface area contributed by atoms with Crippen LogP contribution in [0.5, 0.6) is 0 Å². The lowest BCUT2D eigenvalue weighted by Crippen LogP contribution is -2.44. The third-order valence-corrected chi connectivity index (χ3v) is 5.62. The van der Waals surface area contributed by atoms with E-state index in [4.69, 9.17) is 0 Å². The fourth-order valence-corrected chi connectivity index (χ4v) is 4.43. The van der Waals surface area contributed by atoms with Gasteiger partial charge in [0, 0.05) is 18.3 Å². The molecule has 1 aromatic rings. The van der Waals surface area contributed by atoms with Gasteiger partial charge in [-0.05, 0) is 43.9 Å². The molecule has 20 heavy (non-hydrogen) atoms. The van der Waals surface area contributed by atoms with Crippen LogP contribution in [0, 0.1) is 5.82 Å². The maximum Gasteiger partial charge on any atom is 0.151 e. The van der Waals surface area contributed by atoms with Gasteiger partial charge in [0.1, 0.15) is 5.82 Å². The largest absolute Gasteiger partial charge is 0.310 e. The summed E-state index contributed by atoms with van der Waals surface area (Å²) >= 11 is 0. The number of nitrogens with one attached hydrogen (secondary N) is 1. The zero-order valence-corrected chi connectivity index (χ0v) is 12.8. The number of benzene rings is 1. The first-order chi connectivity index (χ1) is 9.36. The van der Waals surface area contributed by atoms with Gasteiger partial charge in [-0.2, -0.15) is 0 Å². The first-order valence-corrected chi connectivity index (χ1v) is 9.01. The van der Waals surface area contributed by atoms with Gasteiger partial charge in [0.2, 0.25) is 0 Å². The van der Waals surface area contributed by atoms with Gasteiger partial charge in [-0.1, -0.05) is 18.6 Å². The molecule has 5 heteroatoms. The summed E-state index contributed by atoms with van der Waals surface area (Å²) in [7, 11) is -2.99. The quantitative estimate of drug-likeness (QED) is 0.907. The van der Waals surface area contributed by atoms with Crippen LogP contribution in [0.15, 0.2) is 24.3 Å². The molecule has 1 aromatic carbocycles. The summed E-state index contributed by atoms with van der Waals surface area (Å²) in [4.78, 5) is 0. The first kappa shape index (κ1) is 15.4. The van der Waals surface area contributed by atoms with Crippen LogP contribution < -0.4 is 5.32 Å². The monoisotopic (exact) mass is 299 g/mol. The minimum absolute atomic E-state index is 0.0421. The van der Waals surface area contributed by atoms with E-state index in [0.717, 1.165) is 31.2 Å². The van der Waals surface area contributed by atoms with Crippen molar-refractivity contribution in [2.75, 3.05) is 6.26 Å². The molecule has 1 N–H and O–H groups in total. The van der Waals surface area contributed by atoms with Crippen LogP contribution in [0.2, 0.25) is 0 Å². The van der Waals surface area contributed by atoms with Gasteiger partial charge in [0.05, 0.1) is 5.25 Å². The molecular weight excluding hydrogens is 277 g/mol. The summed E-state index contributed by atoms with van der Waals surface area (Å²) in [5.41, 5.74) is 1.06. The van der Waals surface area contributed by atoms with Crippen molar-refractivity contribution in [1.29, 1.82) is 0 Å². The van der Waals surface area contributed by atoms with E-state index in [1.54, 1.807) is 12.1 Å². The normalized spacial score (nSPS) is 24.8. The molecule has 0 radical (unpaired) electrons. The molecule has 0 aromatic heterocycles. The van der Waals surface area contributed by atoms with Crippen LogP contribution in [0.3, 0.4) is 0 Å². The summed E-state index contributed by atoms with van der Waals surface area (Å²) in [6.45, 7) is 2.04. The fourth-order valence-electron chi connectivity index (χ4n) is 3.03. The number of hydrogen-bond acceptors (Lipinski definition) is 3. The van der Waals surface area contributed by atoms with E-state index < -0.39 is 9.84 Å². The lowest BCUT2D eigenvalue weighted by Gasteiger charge is -2.24. The maximum absolute atomic E-state index is 12.9. The van der Waals surface area contributed by atoms with Gasteiger partial charge in [-0.3, -0.25) is 0 Å². The molecule has 112 valence electrons. The highest BCUT2D eigenvalue weighted by molar-refractivity contribution is 7.91. The fraction of sp³-hybridized carbons (Fsp3) is 0.600. The van der Waals surface area contributed by atoms with E-state index in [0.29, 0.717) is 0 Å². The van der Waals surface area contributed by atoms with E-state index in [9.17, 15) is 12.8 Å². The predicted molar refractivity (Wildman–Crippen MR) is 79.0 cm³/mol. The van der Waals surface area contributed by atoms with Crippen LogP contribution in [0.4, 0.5) is 4.39 Å². The molecule has 2 rings (SSSR count). The number of halogens is 1. The van der Waals surface area contributed by atoms with Crippen molar-refractivity contribution in [2.24, 2.45) is 0 Å². The molecule has 0 amide bonds. The number of rotatable bonds is 5. The van der Waals surface area contributed by atoms with E-state index in [2.05, 4.69) is 5.32 Å². The Hall–Kier alpha value is -0.940. The minimum Gasteiger partial charge on any atom is -0.310 e. The average molecular weight is 299 g/mol. The molecule has 3 unspecified atom stereocenters. The Bertz CT molecular complexity index is 541. The highest BCUT2D eigenvalue weighted by Gasteiger charge is 2.35. The molecule has 0 saturated heterocycles. The molecule has 1 aliphatic carbocycles. The molecular formula is C15H22FNO2S. The smallest absolute Gasteiger partial charge is 0.151 e. The SMILES string of the molecule is CC(Cc1ccc(F)cc1)NC1CCCC1S(C)(=O)=O. The summed E-state index contributed by atoms with van der Waals surface area (Å²) in [6, 6.07) is 6.67. The lowest BCUT2D eigenvalue weighted by molar-refractivity contribution is 0.444. The van der Waals surface area contributed by atoms with Crippen LogP contribution in [-0.4, -0.2) is 32.0 Å². The molecule has 0 aliphatic heterocycles. The summed E-state index contributed by atoms with van der Waals surface area (Å²) < 4.78 is 36.3. The van der Waals surface area contributed by atoms with E-state index in [-0.39, 0.29) is 23.2 Å². The number of hydrogen-bond donors (Lipinski definition) is 1. The molecule has 0 bridgehead atoms. The highest BCUT2D eigenvalue weighted by Crippen LogP contribution is 2.25. The van der Waals surface area contributed by atoms with Gasteiger partial charge in [0.25, 0.3) is 0 Å². The second-order valence-electron chi connectivity index (χ2n) is 5.80. The third-order valence-electron chi connectivity index (χ3n) is 3.96. The van der Waals surface area contributed by atoms with Crippen molar-refractivity contribution >= 4 is 9.84 Å². The Kier molecular flexibility index (Phi) is 4.81. The lowest BCUT2D eigenvalue weighted by atomic mass is 10.1. The molecule has 0 spiro atoms. The Morgan fingerprint density at radius 1 is 1.30 bits per heavy atom. The van der Waals surface area contributed by atoms with E-state index in [1.807, 2.05) is 6.92 Å². The highest BCUT2D eigenvalue weighted by atomic mass is 32.2. The van der Waals surface area contributed by atoms with Crippen molar-refractivity contribution in [1.82, 2.24) is 5.32 Å². The van der Waals surface area contributed by atoms with Gasteiger partial charge < -0.3 is 5.32 Å². The zero-order chi connectivity index (χ0) is 14.8. The van der Waals surface area contributed by atoms with Crippen molar-refractivity contribution in [2.45, 2.75) is 49.9 Å². The van der Waals surface area contributed by atoms with Gasteiger partial charge in [-0.15, -0.1) is 0 Å². The van der Waals surface area contributed by atoms with E-state index >= 15 is 0 Å². The molecule has 3 nitrogen and oxygen atoms in total. The van der Waals surface area contributed by atoms with Crippen LogP contribution in [-0.2, 0) is 16.3 Å². The van der Waals surface area contributed by atoms with Crippen molar-refractivity contribution in [3.8, 4) is 0 Å². The van der Waals surface area contributed by atoms with Crippen molar-refractivity contribution in [3.63, 3.8) is 0 Å². The van der Waals surface area contributed by atoms with Crippen LogP contribution >= 0.6 is 0 Å². The molecule has 1 saturated carbocycles. The topological polar surface area (TPSA) is 46.2 Å². The Morgan fingerprint density at radius 3 is 2.55 bits per heavy atom. The van der Waals surface area contributed by atoms with Gasteiger partial charge in [0.15, 0.2) is 9.84 Å². The van der Waals surface area contributed by atoms with Crippen molar-refractivity contribution < 1.29 is 12.8 Å². The zero-order valence-electron chi connectivity index (χ0n) is 12.0. The Morgan fingerprint density at radius 2 is 1.95 bits per heavy atom. The first-order valence-electron chi connectivity index (χ1n) is 7.05. The minimum atomic E-state index is -2.99. The molecule has 1 aliphatic rings. The molecule has 1 fully saturated rings. The Balaban J connectivity index is 1.94. The third kappa shape index (κ3) is 4.03. The summed E-state index contributed by atoms with van der Waals surface area (Å²) in [6.07, 6.45) is 4.71. The second kappa shape index (κ2) is 6.22. The summed E-state index contributed by atoms with van der Waals surface area (Å²) in [5, 5.41) is 3.16. The second-order valence-corrected chi connectivity index (χ2v) is 8.07.